The summed E-state index contributed by atoms with van der Waals surface area (Å²) in [4.78, 5) is 23.4. The molecule has 26 heavy (non-hydrogen) atoms. The first-order valence-corrected chi connectivity index (χ1v) is 7.41. The van der Waals surface area contributed by atoms with Gasteiger partial charge in [0.05, 0.1) is 16.3 Å². The molecule has 10 heteroatoms. The van der Waals surface area contributed by atoms with Gasteiger partial charge in [-0.3, -0.25) is 14.9 Å². The molecule has 3 aromatic rings. The Balaban J connectivity index is 0.00000196. The van der Waals surface area contributed by atoms with Crippen LogP contribution in [0.15, 0.2) is 52.2 Å². The van der Waals surface area contributed by atoms with E-state index >= 15 is 0 Å². The molecule has 1 amide bonds. The fourth-order valence-electron chi connectivity index (χ4n) is 2.93. The topological polar surface area (TPSA) is 115 Å². The van der Waals surface area contributed by atoms with Gasteiger partial charge in [0, 0.05) is 41.2 Å². The summed E-state index contributed by atoms with van der Waals surface area (Å²) < 4.78 is 4.67. The minimum absolute atomic E-state index is 0. The standard InChI is InChI=1S/C16H11N5O4.Na/c1-9-13(16(22)20(17-9)10-5-3-2-4-6-10)11-7-8-12(21(23)24)15-14(11)18-25-19-15;/h2-8,13H,1H3;. The van der Waals surface area contributed by atoms with Gasteiger partial charge in [0.2, 0.25) is 5.52 Å². The summed E-state index contributed by atoms with van der Waals surface area (Å²) in [5, 5.41) is 24.1. The third kappa shape index (κ3) is 2.79. The number of anilines is 1. The van der Waals surface area contributed by atoms with Gasteiger partial charge in [0.1, 0.15) is 11.4 Å². The van der Waals surface area contributed by atoms with E-state index in [-0.39, 0.29) is 52.2 Å². The van der Waals surface area contributed by atoms with Crippen molar-refractivity contribution in [3.8, 4) is 0 Å². The van der Waals surface area contributed by atoms with Crippen LogP contribution in [0.25, 0.3) is 11.0 Å². The third-order valence-electron chi connectivity index (χ3n) is 4.07. The van der Waals surface area contributed by atoms with Crippen LogP contribution in [0.1, 0.15) is 18.4 Å². The normalized spacial score (nSPS) is 16.5. The molecule has 1 aliphatic heterocycles. The number of rotatable bonds is 3. The molecule has 0 saturated carbocycles. The van der Waals surface area contributed by atoms with Gasteiger partial charge < -0.3 is 0 Å². The van der Waals surface area contributed by atoms with Crippen molar-refractivity contribution in [3.05, 3.63) is 58.1 Å². The number of fused-ring (bicyclic) bond motifs is 1. The Morgan fingerprint density at radius 3 is 2.50 bits per heavy atom. The number of amides is 1. The van der Waals surface area contributed by atoms with Crippen LogP contribution in [0.5, 0.6) is 0 Å². The Morgan fingerprint density at radius 1 is 1.12 bits per heavy atom. The molecule has 0 N–H and O–H groups in total. The molecule has 125 valence electrons. The Labute approximate surface area is 169 Å². The number of benzene rings is 2. The van der Waals surface area contributed by atoms with Crippen molar-refractivity contribution >= 4 is 63.6 Å². The van der Waals surface area contributed by atoms with E-state index in [2.05, 4.69) is 20.0 Å². The van der Waals surface area contributed by atoms with Crippen molar-refractivity contribution in [3.63, 3.8) is 0 Å². The number of hydrazone groups is 1. The predicted molar refractivity (Wildman–Crippen MR) is 94.0 cm³/mol. The van der Waals surface area contributed by atoms with E-state index in [0.29, 0.717) is 17.0 Å². The number of aromatic nitrogens is 2. The first kappa shape index (κ1) is 18.2. The van der Waals surface area contributed by atoms with Gasteiger partial charge in [-0.2, -0.15) is 10.1 Å². The summed E-state index contributed by atoms with van der Waals surface area (Å²) in [7, 11) is 0. The summed E-state index contributed by atoms with van der Waals surface area (Å²) in [6.07, 6.45) is 0. The van der Waals surface area contributed by atoms with Gasteiger partial charge >= 0.3 is 5.69 Å². The Bertz CT molecular complexity index is 1030. The maximum Gasteiger partial charge on any atom is 0.300 e. The first-order valence-electron chi connectivity index (χ1n) is 7.41. The molecular formula is C16H11N5NaO4. The summed E-state index contributed by atoms with van der Waals surface area (Å²) >= 11 is 0. The quantitative estimate of drug-likeness (QED) is 0.402. The Morgan fingerprint density at radius 2 is 1.81 bits per heavy atom. The molecule has 9 nitrogen and oxygen atoms in total. The van der Waals surface area contributed by atoms with Crippen molar-refractivity contribution in [2.24, 2.45) is 5.10 Å². The van der Waals surface area contributed by atoms with Crippen LogP contribution in [-0.2, 0) is 4.79 Å². The van der Waals surface area contributed by atoms with E-state index in [9.17, 15) is 14.9 Å². The van der Waals surface area contributed by atoms with Crippen molar-refractivity contribution in [1.82, 2.24) is 10.3 Å². The van der Waals surface area contributed by atoms with E-state index in [0.717, 1.165) is 0 Å². The van der Waals surface area contributed by atoms with Gasteiger partial charge in [-0.05, 0) is 35.4 Å². The number of nitro groups is 1. The zero-order chi connectivity index (χ0) is 17.6. The molecular weight excluding hydrogens is 349 g/mol. The number of non-ortho nitro benzene ring substituents is 1. The molecule has 0 fully saturated rings. The molecule has 1 aromatic heterocycles. The number of carbonyl (C=O) groups is 1. The maximum absolute atomic E-state index is 12.9. The molecule has 2 heterocycles. The molecule has 0 saturated heterocycles. The number of nitrogens with zero attached hydrogens (tertiary/aromatic N) is 5. The number of carbonyl (C=O) groups excluding carboxylic acids is 1. The largest absolute Gasteiger partial charge is 0.300 e. The number of nitro benzene ring substituents is 1. The second kappa shape index (κ2) is 6.94. The van der Waals surface area contributed by atoms with E-state index in [1.807, 2.05) is 18.2 Å². The van der Waals surface area contributed by atoms with E-state index in [1.54, 1.807) is 19.1 Å². The molecule has 0 aliphatic carbocycles. The molecule has 0 spiro atoms. The molecule has 1 aliphatic rings. The smallest absolute Gasteiger partial charge is 0.271 e. The Kier molecular flexibility index (Phi) is 4.86. The van der Waals surface area contributed by atoms with Crippen LogP contribution >= 0.6 is 0 Å². The Hall–Kier alpha value is -2.62. The van der Waals surface area contributed by atoms with Crippen LogP contribution in [0.3, 0.4) is 0 Å². The molecule has 2 aromatic carbocycles. The monoisotopic (exact) mass is 360 g/mol. The van der Waals surface area contributed by atoms with Crippen molar-refractivity contribution in [2.45, 2.75) is 12.8 Å². The minimum Gasteiger partial charge on any atom is -0.271 e. The maximum atomic E-state index is 12.9. The summed E-state index contributed by atoms with van der Waals surface area (Å²) in [6, 6.07) is 11.8. The zero-order valence-corrected chi connectivity index (χ0v) is 16.0. The second-order valence-electron chi connectivity index (χ2n) is 5.55. The molecule has 0 bridgehead atoms. The van der Waals surface area contributed by atoms with Gasteiger partial charge in [-0.15, -0.1) is 0 Å². The molecule has 1 radical (unpaired) electrons. The number of para-hydroxylation sites is 1. The molecule has 1 unspecified atom stereocenters. The molecule has 1 atom stereocenters. The summed E-state index contributed by atoms with van der Waals surface area (Å²) in [5.41, 5.74) is 1.67. The van der Waals surface area contributed by atoms with Crippen LogP contribution in [0.4, 0.5) is 11.4 Å². The van der Waals surface area contributed by atoms with E-state index in [4.69, 9.17) is 0 Å². The summed E-state index contributed by atoms with van der Waals surface area (Å²) in [6.45, 7) is 1.73. The van der Waals surface area contributed by atoms with Gasteiger partial charge in [0.25, 0.3) is 5.91 Å². The number of hydrogen-bond donors (Lipinski definition) is 0. The van der Waals surface area contributed by atoms with Crippen molar-refractivity contribution < 1.29 is 14.3 Å². The van der Waals surface area contributed by atoms with Gasteiger partial charge in [-0.25, -0.2) is 4.63 Å². The van der Waals surface area contributed by atoms with E-state index < -0.39 is 10.8 Å². The van der Waals surface area contributed by atoms with Crippen LogP contribution in [0.2, 0.25) is 0 Å². The second-order valence-corrected chi connectivity index (χ2v) is 5.55. The number of hydrogen-bond acceptors (Lipinski definition) is 7. The van der Waals surface area contributed by atoms with Gasteiger partial charge in [0.15, 0.2) is 0 Å². The fraction of sp³-hybridized carbons (Fsp3) is 0.125. The SMILES string of the molecule is CC1=NN(c2ccccc2)C(=O)C1c1ccc([N+](=O)[O-])c2nonc12.[Na]. The third-order valence-corrected chi connectivity index (χ3v) is 4.07. The zero-order valence-electron chi connectivity index (χ0n) is 14.0. The van der Waals surface area contributed by atoms with Gasteiger partial charge in [-0.1, -0.05) is 18.2 Å². The average molecular weight is 360 g/mol. The predicted octanol–water partition coefficient (Wildman–Crippen LogP) is 2.26. The van der Waals surface area contributed by atoms with Crippen molar-refractivity contribution in [2.75, 3.05) is 5.01 Å². The van der Waals surface area contributed by atoms with E-state index in [1.165, 1.54) is 17.1 Å². The molecule has 4 rings (SSSR count). The fourth-order valence-corrected chi connectivity index (χ4v) is 2.93. The van der Waals surface area contributed by atoms with Crippen LogP contribution < -0.4 is 5.01 Å². The van der Waals surface area contributed by atoms with Crippen LogP contribution in [-0.4, -0.2) is 56.4 Å². The van der Waals surface area contributed by atoms with Crippen LogP contribution in [0, 0.1) is 10.1 Å². The van der Waals surface area contributed by atoms with Crippen molar-refractivity contribution in [1.29, 1.82) is 0 Å². The summed E-state index contributed by atoms with van der Waals surface area (Å²) in [5.74, 6) is -0.961. The average Bonchev–Trinajstić information content (AvgIpc) is 3.20. The first-order chi connectivity index (χ1) is 12.1. The minimum atomic E-state index is -0.699.